The molecule has 0 N–H and O–H groups in total. The zero-order valence-electron chi connectivity index (χ0n) is 76.6. The standard InChI is InChI=1S/C54H32N2O2.C48H28N2O2.C30H17NO2/c1-2-11-36(12-3-1)55-46-18-7-4-13-39(46)44-31-34(23-28-47(44)55)35-24-29-48-45(32-35)52-49(30-27-43-41-15-6-9-20-51(41)58-54(43)52)56(48)37-25-21-33(22-26-37)38-16-10-17-42-40-14-5-8-19-50(40)57-53(38)42;1-2-11-31(12-3-1)49-39-17-7-4-13-32(39)37-27-29(21-24-40(37)49)30-22-25-41-38(28-30)46-42(26-23-36-34-15-6-9-20-45(34)52-48(36)46)50(41)43-18-10-16-35-33-14-5-8-19-44(33)51-47(35)43;1-4-12-24-18(8-1)22-16-23-20-10-3-5-14-27(20)32-29(23)17-26(22)31(24)25-13-7-11-21-19-9-2-6-15-28(19)33-30(21)25/h1-32H;1-28H;1-17H. The van der Waals surface area contributed by atoms with Crippen LogP contribution >= 0.6 is 0 Å². The van der Waals surface area contributed by atoms with Crippen LogP contribution in [-0.2, 0) is 0 Å². The van der Waals surface area contributed by atoms with Gasteiger partial charge in [-0.3, -0.25) is 0 Å². The highest BCUT2D eigenvalue weighted by Crippen LogP contribution is 2.50. The Kier molecular flexibility index (Phi) is 16.8. The number of rotatable bonds is 8. The molecule has 143 heavy (non-hydrogen) atoms. The molecule has 11 nitrogen and oxygen atoms in total. The fourth-order valence-corrected chi connectivity index (χ4v) is 23.5. The van der Waals surface area contributed by atoms with E-state index in [1.165, 1.54) is 65.5 Å². The highest BCUT2D eigenvalue weighted by Gasteiger charge is 2.28. The molecule has 0 aliphatic heterocycles. The summed E-state index contributed by atoms with van der Waals surface area (Å²) in [7, 11) is 0. The van der Waals surface area contributed by atoms with Crippen LogP contribution < -0.4 is 0 Å². The first-order valence-corrected chi connectivity index (χ1v) is 48.6. The van der Waals surface area contributed by atoms with Gasteiger partial charge in [0, 0.05) is 136 Å². The zero-order valence-corrected chi connectivity index (χ0v) is 76.6. The lowest BCUT2D eigenvalue weighted by Gasteiger charge is -2.10. The van der Waals surface area contributed by atoms with E-state index in [1.54, 1.807) is 0 Å². The molecule has 0 spiro atoms. The average Bonchev–Trinajstić information content (AvgIpc) is 1.57. The molecule has 22 aromatic carbocycles. The van der Waals surface area contributed by atoms with Crippen LogP contribution in [0.5, 0.6) is 0 Å². The Labute approximate surface area is 813 Å². The Morgan fingerprint density at radius 1 is 0.126 bits per heavy atom. The second-order valence-electron chi connectivity index (χ2n) is 37.5. The molecular formula is C132H77N5O6. The van der Waals surface area contributed by atoms with Gasteiger partial charge in [0.1, 0.15) is 55.8 Å². The molecule has 666 valence electrons. The van der Waals surface area contributed by atoms with Crippen LogP contribution in [0.1, 0.15) is 0 Å². The molecule has 33 rings (SSSR count). The fraction of sp³-hybridized carbons (Fsp3) is 0. The van der Waals surface area contributed by atoms with Crippen molar-refractivity contribution < 1.29 is 26.5 Å². The van der Waals surface area contributed by atoms with E-state index in [9.17, 15) is 0 Å². The monoisotopic (exact) mass is 1830 g/mol. The van der Waals surface area contributed by atoms with Crippen molar-refractivity contribution in [2.45, 2.75) is 0 Å². The van der Waals surface area contributed by atoms with E-state index in [1.807, 2.05) is 60.7 Å². The zero-order chi connectivity index (χ0) is 93.3. The molecule has 0 bridgehead atoms. The largest absolute Gasteiger partial charge is 0.456 e. The fourth-order valence-electron chi connectivity index (χ4n) is 23.5. The first kappa shape index (κ1) is 78.8. The molecule has 0 amide bonds. The summed E-state index contributed by atoms with van der Waals surface area (Å²) in [6, 6.07) is 166. The van der Waals surface area contributed by atoms with Crippen molar-refractivity contribution in [3.8, 4) is 61.8 Å². The van der Waals surface area contributed by atoms with Crippen LogP contribution in [0.15, 0.2) is 494 Å². The highest BCUT2D eigenvalue weighted by molar-refractivity contribution is 6.28. The first-order valence-electron chi connectivity index (χ1n) is 48.6. The van der Waals surface area contributed by atoms with E-state index in [2.05, 4.69) is 429 Å². The third-order valence-corrected chi connectivity index (χ3v) is 29.8. The molecule has 0 fully saturated rings. The molecule has 0 saturated heterocycles. The molecule has 11 heterocycles. The van der Waals surface area contributed by atoms with Crippen LogP contribution in [0.2, 0.25) is 0 Å². The van der Waals surface area contributed by atoms with Crippen molar-refractivity contribution >= 4 is 241 Å². The smallest absolute Gasteiger partial charge is 0.159 e. The number of para-hydroxylation sites is 14. The maximum atomic E-state index is 6.74. The molecule has 11 aromatic heterocycles. The van der Waals surface area contributed by atoms with Gasteiger partial charge in [-0.2, -0.15) is 0 Å². The van der Waals surface area contributed by atoms with Gasteiger partial charge in [0.2, 0.25) is 0 Å². The molecule has 0 radical (unpaired) electrons. The normalized spacial score (nSPS) is 12.2. The van der Waals surface area contributed by atoms with Gasteiger partial charge in [-0.15, -0.1) is 0 Å². The predicted molar refractivity (Wildman–Crippen MR) is 591 cm³/mol. The lowest BCUT2D eigenvalue weighted by molar-refractivity contribution is 0.665. The lowest BCUT2D eigenvalue weighted by Crippen LogP contribution is -1.94. The van der Waals surface area contributed by atoms with Crippen molar-refractivity contribution in [3.05, 3.63) is 467 Å². The van der Waals surface area contributed by atoms with Crippen LogP contribution in [0.4, 0.5) is 0 Å². The molecule has 33 aromatic rings. The van der Waals surface area contributed by atoms with E-state index in [0.29, 0.717) is 0 Å². The molecule has 0 unspecified atom stereocenters. The Morgan fingerprint density at radius 3 is 0.853 bits per heavy atom. The minimum Gasteiger partial charge on any atom is -0.456 e. The van der Waals surface area contributed by atoms with E-state index in [4.69, 9.17) is 26.5 Å². The van der Waals surface area contributed by atoms with Crippen molar-refractivity contribution in [3.63, 3.8) is 0 Å². The summed E-state index contributed by atoms with van der Waals surface area (Å²) < 4.78 is 50.9. The quantitative estimate of drug-likeness (QED) is 0.150. The summed E-state index contributed by atoms with van der Waals surface area (Å²) in [4.78, 5) is 0. The Morgan fingerprint density at radius 2 is 0.406 bits per heavy atom. The summed E-state index contributed by atoms with van der Waals surface area (Å²) >= 11 is 0. The first-order chi connectivity index (χ1) is 70.9. The molecule has 0 atom stereocenters. The molecule has 11 heteroatoms. The van der Waals surface area contributed by atoms with Crippen LogP contribution in [-0.4, -0.2) is 22.8 Å². The SMILES string of the molecule is c1ccc(-n2c3ccccc3c3cc(-c4ccc5c(c4)c4c6oc7ccccc7c6ccc4n5-c4ccc(-c5cccc6c5oc5ccccc56)cc4)ccc32)cc1.c1ccc(-n2c3ccccc3c3cc(-c4ccc5c(c4)c4c6oc7ccccc7c6ccc4n5-c4cccc5c4oc4ccccc45)ccc32)cc1.c1ccc2c(c1)oc1cc3c(cc12)c1ccccc1n3-c1cccc2c1oc1ccccc12. The lowest BCUT2D eigenvalue weighted by atomic mass is 10.00. The van der Waals surface area contributed by atoms with Gasteiger partial charge in [-0.25, -0.2) is 0 Å². The van der Waals surface area contributed by atoms with E-state index < -0.39 is 0 Å². The van der Waals surface area contributed by atoms with Crippen molar-refractivity contribution in [1.29, 1.82) is 0 Å². The third-order valence-electron chi connectivity index (χ3n) is 29.8. The summed E-state index contributed by atoms with van der Waals surface area (Å²) in [6.07, 6.45) is 0. The Hall–Kier alpha value is -19.4. The second-order valence-corrected chi connectivity index (χ2v) is 37.5. The summed E-state index contributed by atoms with van der Waals surface area (Å²) in [5, 5.41) is 25.4. The Balaban J connectivity index is 0.000000102. The van der Waals surface area contributed by atoms with Gasteiger partial charge < -0.3 is 49.3 Å². The Bertz CT molecular complexity index is 11200. The number of fused-ring (bicyclic) bond motifs is 35. The molecule has 0 aliphatic rings. The minimum atomic E-state index is 0.872. The van der Waals surface area contributed by atoms with Gasteiger partial charge >= 0.3 is 0 Å². The van der Waals surface area contributed by atoms with Crippen LogP contribution in [0, 0.1) is 0 Å². The van der Waals surface area contributed by atoms with Gasteiger partial charge in [0.05, 0.1) is 77.3 Å². The number of hydrogen-bond acceptors (Lipinski definition) is 6. The number of aromatic nitrogens is 5. The van der Waals surface area contributed by atoms with Gasteiger partial charge in [0.15, 0.2) is 11.2 Å². The highest BCUT2D eigenvalue weighted by atomic mass is 16.4. The van der Waals surface area contributed by atoms with Gasteiger partial charge in [0.25, 0.3) is 0 Å². The van der Waals surface area contributed by atoms with Crippen LogP contribution in [0.25, 0.3) is 302 Å². The topological polar surface area (TPSA) is 103 Å². The number of benzene rings is 22. The summed E-state index contributed by atoms with van der Waals surface area (Å²) in [6.45, 7) is 0. The van der Waals surface area contributed by atoms with Gasteiger partial charge in [-0.1, -0.05) is 279 Å². The summed E-state index contributed by atoms with van der Waals surface area (Å²) in [5.41, 5.74) is 34.5. The third kappa shape index (κ3) is 11.8. The predicted octanol–water partition coefficient (Wildman–Crippen LogP) is 36.9. The van der Waals surface area contributed by atoms with E-state index >= 15 is 0 Å². The van der Waals surface area contributed by atoms with Crippen molar-refractivity contribution in [1.82, 2.24) is 22.8 Å². The number of hydrogen-bond donors (Lipinski definition) is 0. The summed E-state index contributed by atoms with van der Waals surface area (Å²) in [5.74, 6) is 0. The number of nitrogens with zero attached hydrogens (tertiary/aromatic N) is 5. The van der Waals surface area contributed by atoms with Gasteiger partial charge in [-0.05, 0) is 210 Å². The van der Waals surface area contributed by atoms with E-state index in [0.717, 1.165) is 237 Å². The maximum Gasteiger partial charge on any atom is 0.159 e. The van der Waals surface area contributed by atoms with Crippen molar-refractivity contribution in [2.24, 2.45) is 0 Å². The van der Waals surface area contributed by atoms with Crippen LogP contribution in [0.3, 0.4) is 0 Å². The molecule has 0 aliphatic carbocycles. The molecular weight excluding hydrogens is 1750 g/mol. The van der Waals surface area contributed by atoms with E-state index in [-0.39, 0.29) is 0 Å². The average molecular weight is 1830 g/mol. The number of furan rings is 6. The second kappa shape index (κ2) is 30.6. The van der Waals surface area contributed by atoms with Crippen molar-refractivity contribution in [2.75, 3.05) is 0 Å². The minimum absolute atomic E-state index is 0.872. The maximum absolute atomic E-state index is 6.74. The molecule has 0 saturated carbocycles.